The highest BCUT2D eigenvalue weighted by Crippen LogP contribution is 2.19. The number of nitrogens with zero attached hydrogens (tertiary/aromatic N) is 4. The Morgan fingerprint density at radius 1 is 1.27 bits per heavy atom. The van der Waals surface area contributed by atoms with Crippen molar-refractivity contribution in [3.05, 3.63) is 90.3 Å². The van der Waals surface area contributed by atoms with E-state index in [1.54, 1.807) is 18.2 Å². The van der Waals surface area contributed by atoms with Crippen LogP contribution in [0.15, 0.2) is 56.8 Å². The summed E-state index contributed by atoms with van der Waals surface area (Å²) in [5.74, 6) is -0.649. The van der Waals surface area contributed by atoms with Crippen LogP contribution in [-0.4, -0.2) is 21.9 Å². The molecule has 0 aliphatic rings. The topological polar surface area (TPSA) is 100 Å². The number of carbonyl (C=O) groups is 1. The van der Waals surface area contributed by atoms with Crippen molar-refractivity contribution in [2.75, 3.05) is 0 Å². The van der Waals surface area contributed by atoms with Crippen LogP contribution in [0.3, 0.4) is 0 Å². The molecule has 1 N–H and O–H groups in total. The van der Waals surface area contributed by atoms with E-state index in [1.807, 2.05) is 37.3 Å². The van der Waals surface area contributed by atoms with Gasteiger partial charge in [-0.05, 0) is 49.2 Å². The van der Waals surface area contributed by atoms with Crippen LogP contribution in [0.4, 0.5) is 0 Å². The average molecular weight is 485 g/mol. The van der Waals surface area contributed by atoms with Crippen molar-refractivity contribution in [3.63, 3.8) is 0 Å². The van der Waals surface area contributed by atoms with Crippen molar-refractivity contribution in [1.82, 2.24) is 15.2 Å². The third-order valence-corrected chi connectivity index (χ3v) is 5.25. The van der Waals surface area contributed by atoms with E-state index in [0.29, 0.717) is 10.7 Å². The zero-order chi connectivity index (χ0) is 21.8. The zero-order valence-corrected chi connectivity index (χ0v) is 18.3. The quantitative estimate of drug-likeness (QED) is 0.448. The number of amides is 1. The molecule has 1 aromatic heterocycles. The van der Waals surface area contributed by atoms with Crippen molar-refractivity contribution in [2.24, 2.45) is 5.10 Å². The summed E-state index contributed by atoms with van der Waals surface area (Å²) in [4.78, 5) is 25.3. The number of rotatable bonds is 4. The van der Waals surface area contributed by atoms with E-state index in [-0.39, 0.29) is 16.8 Å². The summed E-state index contributed by atoms with van der Waals surface area (Å²) in [5, 5.41) is 18.0. The van der Waals surface area contributed by atoms with E-state index in [2.05, 4.69) is 31.6 Å². The predicted molar refractivity (Wildman–Crippen MR) is 118 cm³/mol. The van der Waals surface area contributed by atoms with Crippen LogP contribution in [-0.2, 0) is 0 Å². The summed E-state index contributed by atoms with van der Waals surface area (Å²) < 4.78 is 1.91. The molecule has 150 valence electrons. The molecule has 0 unspecified atom stereocenters. The Hall–Kier alpha value is -3.28. The second-order valence-corrected chi connectivity index (χ2v) is 7.68. The maximum absolute atomic E-state index is 12.7. The Morgan fingerprint density at radius 2 is 1.97 bits per heavy atom. The first-order chi connectivity index (χ1) is 14.3. The number of halogens is 2. The third-order valence-electron chi connectivity index (χ3n) is 4.31. The summed E-state index contributed by atoms with van der Waals surface area (Å²) in [5.41, 5.74) is 3.60. The average Bonchev–Trinajstić information content (AvgIpc) is 2.72. The summed E-state index contributed by atoms with van der Waals surface area (Å²) in [6.45, 7) is 3.31. The predicted octanol–water partition coefficient (Wildman–Crippen LogP) is 3.90. The third kappa shape index (κ3) is 4.48. The van der Waals surface area contributed by atoms with Gasteiger partial charge < -0.3 is 0 Å². The Bertz CT molecular complexity index is 1260. The maximum Gasteiger partial charge on any atom is 0.292 e. The number of nitriles is 1. The number of hydrazone groups is 1. The number of carbonyl (C=O) groups excluding carboxylic acids is 1. The fourth-order valence-electron chi connectivity index (χ4n) is 2.61. The van der Waals surface area contributed by atoms with E-state index in [4.69, 9.17) is 11.6 Å². The number of aromatic nitrogens is 2. The van der Waals surface area contributed by atoms with Gasteiger partial charge in [-0.25, -0.2) is 5.43 Å². The molecule has 1 amide bonds. The molecule has 0 spiro atoms. The highest BCUT2D eigenvalue weighted by Gasteiger charge is 2.20. The molecule has 0 aliphatic carbocycles. The van der Waals surface area contributed by atoms with Gasteiger partial charge in [-0.2, -0.15) is 20.1 Å². The lowest BCUT2D eigenvalue weighted by Crippen LogP contribution is -2.31. The molecule has 0 radical (unpaired) electrons. The van der Waals surface area contributed by atoms with Crippen LogP contribution < -0.4 is 11.0 Å². The highest BCUT2D eigenvalue weighted by atomic mass is 79.9. The molecule has 0 fully saturated rings. The molecule has 3 aromatic rings. The van der Waals surface area contributed by atoms with Gasteiger partial charge in [0.1, 0.15) is 11.6 Å². The first-order valence-electron chi connectivity index (χ1n) is 8.71. The fraction of sp³-hybridized carbons (Fsp3) is 0.0952. The summed E-state index contributed by atoms with van der Waals surface area (Å²) >= 11 is 9.49. The zero-order valence-electron chi connectivity index (χ0n) is 16.0. The first kappa shape index (κ1) is 21.4. The minimum atomic E-state index is -0.649. The van der Waals surface area contributed by atoms with Gasteiger partial charge in [0, 0.05) is 15.1 Å². The van der Waals surface area contributed by atoms with Crippen LogP contribution in [0.1, 0.15) is 32.7 Å². The number of hydrogen-bond donors (Lipinski definition) is 1. The minimum absolute atomic E-state index is 0.0872. The fourth-order valence-corrected chi connectivity index (χ4v) is 3.05. The summed E-state index contributed by atoms with van der Waals surface area (Å²) in [6, 6.07) is 14.1. The molecule has 1 heterocycles. The number of benzene rings is 2. The van der Waals surface area contributed by atoms with E-state index in [1.165, 1.54) is 13.1 Å². The molecule has 0 aliphatic heterocycles. The van der Waals surface area contributed by atoms with E-state index >= 15 is 0 Å². The van der Waals surface area contributed by atoms with E-state index in [0.717, 1.165) is 20.3 Å². The van der Waals surface area contributed by atoms with Gasteiger partial charge in [-0.1, -0.05) is 45.7 Å². The van der Waals surface area contributed by atoms with Crippen LogP contribution in [0.2, 0.25) is 5.02 Å². The largest absolute Gasteiger partial charge is 0.292 e. The second-order valence-electron chi connectivity index (χ2n) is 6.36. The first-order valence-corrected chi connectivity index (χ1v) is 9.88. The van der Waals surface area contributed by atoms with Gasteiger partial charge in [0.25, 0.3) is 11.5 Å². The van der Waals surface area contributed by atoms with Gasteiger partial charge in [0.2, 0.25) is 0 Å². The van der Waals surface area contributed by atoms with Gasteiger partial charge in [-0.15, -0.1) is 0 Å². The molecular formula is C21H15BrClN5O2. The van der Waals surface area contributed by atoms with Crippen LogP contribution in [0, 0.1) is 25.2 Å². The van der Waals surface area contributed by atoms with Gasteiger partial charge >= 0.3 is 0 Å². The van der Waals surface area contributed by atoms with Crippen molar-refractivity contribution < 1.29 is 4.79 Å². The summed E-state index contributed by atoms with van der Waals surface area (Å²) in [6.07, 6.45) is 1.47. The van der Waals surface area contributed by atoms with Crippen molar-refractivity contribution in [2.45, 2.75) is 13.8 Å². The highest BCUT2D eigenvalue weighted by molar-refractivity contribution is 9.10. The van der Waals surface area contributed by atoms with Crippen LogP contribution in [0.25, 0.3) is 5.69 Å². The lowest BCUT2D eigenvalue weighted by atomic mass is 10.1. The molecule has 0 saturated carbocycles. The Labute approximate surface area is 185 Å². The Morgan fingerprint density at radius 3 is 2.60 bits per heavy atom. The Kier molecular flexibility index (Phi) is 6.45. The van der Waals surface area contributed by atoms with Gasteiger partial charge in [-0.3, -0.25) is 9.59 Å². The molecule has 9 heteroatoms. The van der Waals surface area contributed by atoms with Crippen molar-refractivity contribution in [1.29, 1.82) is 5.26 Å². The molecule has 7 nitrogen and oxygen atoms in total. The van der Waals surface area contributed by atoms with Crippen LogP contribution >= 0.6 is 27.5 Å². The monoisotopic (exact) mass is 483 g/mol. The number of nitrogens with one attached hydrogen (secondary N) is 1. The van der Waals surface area contributed by atoms with Crippen LogP contribution in [0.5, 0.6) is 0 Å². The Balaban J connectivity index is 1.98. The molecule has 30 heavy (non-hydrogen) atoms. The van der Waals surface area contributed by atoms with Crippen molar-refractivity contribution in [3.8, 4) is 11.8 Å². The lowest BCUT2D eigenvalue weighted by molar-refractivity contribution is 0.0947. The van der Waals surface area contributed by atoms with Gasteiger partial charge in [0.05, 0.1) is 11.9 Å². The standard InChI is InChI=1S/C21H15BrClN5O2/c1-12-3-8-16(9-18(12)23)28-21(30)17(10-24)13(2)19(27-28)20(29)26-25-11-14-4-6-15(22)7-5-14/h3-9,11H,1-2H3,(H,26,29)/b25-11+. The summed E-state index contributed by atoms with van der Waals surface area (Å²) in [7, 11) is 0. The lowest BCUT2D eigenvalue weighted by Gasteiger charge is -2.11. The molecular weight excluding hydrogens is 470 g/mol. The molecule has 0 atom stereocenters. The SMILES string of the molecule is Cc1ccc(-n2nc(C(=O)N/N=C/c3ccc(Br)cc3)c(C)c(C#N)c2=O)cc1Cl. The normalized spacial score (nSPS) is 10.8. The molecule has 3 rings (SSSR count). The maximum atomic E-state index is 12.7. The van der Waals surface area contributed by atoms with Gasteiger partial charge in [0.15, 0.2) is 5.69 Å². The smallest absolute Gasteiger partial charge is 0.266 e. The second kappa shape index (κ2) is 9.03. The molecule has 0 saturated heterocycles. The molecule has 2 aromatic carbocycles. The number of aryl methyl sites for hydroxylation is 1. The van der Waals surface area contributed by atoms with E-state index in [9.17, 15) is 14.9 Å². The molecule has 0 bridgehead atoms. The van der Waals surface area contributed by atoms with Crippen molar-refractivity contribution >= 4 is 39.7 Å². The number of hydrogen-bond acceptors (Lipinski definition) is 5. The minimum Gasteiger partial charge on any atom is -0.266 e. The van der Waals surface area contributed by atoms with E-state index < -0.39 is 11.5 Å².